The molecule has 7 nitrogen and oxygen atoms in total. The largest absolute Gasteiger partial charge is 0.352 e. The summed E-state index contributed by atoms with van der Waals surface area (Å²) in [6.07, 6.45) is 5.09. The Balaban J connectivity index is 1.61. The van der Waals surface area contributed by atoms with Gasteiger partial charge in [-0.1, -0.05) is 30.9 Å². The van der Waals surface area contributed by atoms with Gasteiger partial charge in [0.15, 0.2) is 0 Å². The zero-order valence-electron chi connectivity index (χ0n) is 18.6. The van der Waals surface area contributed by atoms with E-state index >= 15 is 0 Å². The fraction of sp³-hybridized carbons (Fsp3) is 0.375. The number of rotatable bonds is 9. The number of nitrogens with zero attached hydrogens (tertiary/aromatic N) is 1. The maximum atomic E-state index is 13.0. The topological polar surface area (TPSA) is 95.6 Å². The van der Waals surface area contributed by atoms with E-state index in [0.29, 0.717) is 16.4 Å². The quantitative estimate of drug-likeness (QED) is 0.541. The third kappa shape index (κ3) is 8.22. The summed E-state index contributed by atoms with van der Waals surface area (Å²) in [7, 11) is -1.81. The summed E-state index contributed by atoms with van der Waals surface area (Å²) in [5.41, 5.74) is 0.804. The first kappa shape index (κ1) is 25.8. The van der Waals surface area contributed by atoms with Crippen molar-refractivity contribution in [2.45, 2.75) is 38.1 Å². The molecule has 1 aliphatic rings. The molecule has 0 spiro atoms. The summed E-state index contributed by atoms with van der Waals surface area (Å²) in [5.74, 6) is -2.70. The van der Waals surface area contributed by atoms with Gasteiger partial charge >= 0.3 is 0 Å². The molecule has 182 valence electrons. The number of amides is 3. The van der Waals surface area contributed by atoms with E-state index in [0.717, 1.165) is 32.1 Å². The molecular weight excluding hydrogens is 481 g/mol. The summed E-state index contributed by atoms with van der Waals surface area (Å²) < 4.78 is 25.5. The van der Waals surface area contributed by atoms with E-state index in [1.54, 1.807) is 24.3 Å². The Bertz CT molecular complexity index is 1030. The molecule has 2 aromatic carbocycles. The molecule has 1 atom stereocenters. The van der Waals surface area contributed by atoms with Crippen molar-refractivity contribution in [3.63, 3.8) is 0 Å². The van der Waals surface area contributed by atoms with Gasteiger partial charge in [0.05, 0.1) is 0 Å². The minimum atomic E-state index is -1.81. The molecule has 0 aliphatic heterocycles. The Morgan fingerprint density at radius 3 is 2.24 bits per heavy atom. The van der Waals surface area contributed by atoms with Crippen LogP contribution >= 0.6 is 11.6 Å². The van der Waals surface area contributed by atoms with Crippen molar-refractivity contribution >= 4 is 51.5 Å². The van der Waals surface area contributed by atoms with Crippen LogP contribution in [-0.4, -0.2) is 46.0 Å². The number of hydrogen-bond donors (Lipinski definition) is 2. The van der Waals surface area contributed by atoms with E-state index in [1.807, 2.05) is 0 Å². The third-order valence-corrected chi connectivity index (χ3v) is 6.82. The molecule has 1 saturated carbocycles. The van der Waals surface area contributed by atoms with Crippen LogP contribution in [0.3, 0.4) is 0 Å². The standard InChI is InChI=1S/C24H27ClFN3O4S/c25-17-6-12-21(13-7-17)29(14-22(30)27-19-4-2-1-3-5-19)24(32)16-34(33)15-23(31)28-20-10-8-18(26)9-11-20/h6-13,19H,1-5,14-16H2,(H,27,30)(H,28,31)/t34-/m1/s1. The zero-order valence-corrected chi connectivity index (χ0v) is 20.2. The number of benzene rings is 2. The lowest BCUT2D eigenvalue weighted by Gasteiger charge is -2.26. The second-order valence-electron chi connectivity index (χ2n) is 8.14. The number of halogens is 2. The van der Waals surface area contributed by atoms with Crippen LogP contribution in [0.2, 0.25) is 5.02 Å². The normalized spacial score (nSPS) is 14.8. The molecule has 0 aromatic heterocycles. The lowest BCUT2D eigenvalue weighted by Crippen LogP contribution is -2.46. The summed E-state index contributed by atoms with van der Waals surface area (Å²) in [6, 6.07) is 11.7. The van der Waals surface area contributed by atoms with Crippen LogP contribution in [0.15, 0.2) is 48.5 Å². The summed E-state index contributed by atoms with van der Waals surface area (Å²) in [6.45, 7) is -0.226. The molecule has 3 amide bonds. The lowest BCUT2D eigenvalue weighted by atomic mass is 9.95. The van der Waals surface area contributed by atoms with Gasteiger partial charge in [-0.3, -0.25) is 18.6 Å². The number of hydrogen-bond acceptors (Lipinski definition) is 4. The molecular formula is C24H27ClFN3O4S. The van der Waals surface area contributed by atoms with Gasteiger partial charge in [0, 0.05) is 33.2 Å². The van der Waals surface area contributed by atoms with Crippen LogP contribution in [-0.2, 0) is 25.2 Å². The van der Waals surface area contributed by atoms with Gasteiger partial charge in [0.25, 0.3) is 0 Å². The Morgan fingerprint density at radius 1 is 0.941 bits per heavy atom. The average molecular weight is 508 g/mol. The molecule has 0 heterocycles. The van der Waals surface area contributed by atoms with Crippen LogP contribution in [0.25, 0.3) is 0 Å². The van der Waals surface area contributed by atoms with E-state index in [1.165, 1.54) is 29.2 Å². The molecule has 1 aliphatic carbocycles. The van der Waals surface area contributed by atoms with Crippen molar-refractivity contribution in [1.82, 2.24) is 5.32 Å². The number of carbonyl (C=O) groups excluding carboxylic acids is 3. The molecule has 1 fully saturated rings. The van der Waals surface area contributed by atoms with Crippen molar-refractivity contribution in [2.24, 2.45) is 0 Å². The molecule has 0 radical (unpaired) electrons. The highest BCUT2D eigenvalue weighted by atomic mass is 35.5. The first-order valence-electron chi connectivity index (χ1n) is 11.1. The van der Waals surface area contributed by atoms with E-state index in [9.17, 15) is 23.0 Å². The highest BCUT2D eigenvalue weighted by Crippen LogP contribution is 2.20. The monoisotopic (exact) mass is 507 g/mol. The van der Waals surface area contributed by atoms with Gasteiger partial charge in [-0.2, -0.15) is 0 Å². The number of anilines is 2. The molecule has 2 aromatic rings. The minimum Gasteiger partial charge on any atom is -0.352 e. The van der Waals surface area contributed by atoms with Crippen LogP contribution in [0, 0.1) is 5.82 Å². The maximum absolute atomic E-state index is 13.0. The van der Waals surface area contributed by atoms with Crippen molar-refractivity contribution in [3.8, 4) is 0 Å². The Morgan fingerprint density at radius 2 is 1.59 bits per heavy atom. The van der Waals surface area contributed by atoms with Crippen molar-refractivity contribution in [2.75, 3.05) is 28.3 Å². The number of nitrogens with one attached hydrogen (secondary N) is 2. The maximum Gasteiger partial charge on any atom is 0.240 e. The van der Waals surface area contributed by atoms with Crippen LogP contribution in [0.5, 0.6) is 0 Å². The second kappa shape index (κ2) is 12.6. The van der Waals surface area contributed by atoms with Crippen molar-refractivity contribution < 1.29 is 23.0 Å². The fourth-order valence-electron chi connectivity index (χ4n) is 3.75. The van der Waals surface area contributed by atoms with Crippen LogP contribution < -0.4 is 15.5 Å². The van der Waals surface area contributed by atoms with Gasteiger partial charge in [-0.15, -0.1) is 0 Å². The van der Waals surface area contributed by atoms with Crippen molar-refractivity contribution in [3.05, 3.63) is 59.4 Å². The first-order chi connectivity index (χ1) is 16.3. The minimum absolute atomic E-state index is 0.0905. The van der Waals surface area contributed by atoms with E-state index < -0.39 is 39.9 Å². The van der Waals surface area contributed by atoms with Gasteiger partial charge < -0.3 is 15.5 Å². The first-order valence-corrected chi connectivity index (χ1v) is 12.9. The molecule has 3 rings (SSSR count). The average Bonchev–Trinajstić information content (AvgIpc) is 2.80. The SMILES string of the molecule is O=C(C[S@@](=O)CC(=O)N(CC(=O)NC1CCCCC1)c1ccc(Cl)cc1)Nc1ccc(F)cc1. The lowest BCUT2D eigenvalue weighted by molar-refractivity contribution is -0.123. The predicted octanol–water partition coefficient (Wildman–Crippen LogP) is 3.65. The fourth-order valence-corrected chi connectivity index (χ4v) is 4.78. The molecule has 0 bridgehead atoms. The smallest absolute Gasteiger partial charge is 0.240 e. The third-order valence-electron chi connectivity index (χ3n) is 5.42. The summed E-state index contributed by atoms with van der Waals surface area (Å²) in [5, 5.41) is 5.97. The Hall–Kier alpha value is -2.78. The second-order valence-corrected chi connectivity index (χ2v) is 10.0. The highest BCUT2D eigenvalue weighted by Gasteiger charge is 2.24. The molecule has 34 heavy (non-hydrogen) atoms. The Labute approximate surface area is 205 Å². The molecule has 0 saturated heterocycles. The number of carbonyl (C=O) groups is 3. The molecule has 10 heteroatoms. The zero-order chi connectivity index (χ0) is 24.5. The predicted molar refractivity (Wildman–Crippen MR) is 132 cm³/mol. The summed E-state index contributed by atoms with van der Waals surface area (Å²) >= 11 is 5.95. The molecule has 2 N–H and O–H groups in total. The van der Waals surface area contributed by atoms with E-state index in [4.69, 9.17) is 11.6 Å². The van der Waals surface area contributed by atoms with Crippen LogP contribution in [0.4, 0.5) is 15.8 Å². The highest BCUT2D eigenvalue weighted by molar-refractivity contribution is 7.86. The van der Waals surface area contributed by atoms with Gasteiger partial charge in [0.1, 0.15) is 23.9 Å². The summed E-state index contributed by atoms with van der Waals surface area (Å²) in [4.78, 5) is 39.1. The van der Waals surface area contributed by atoms with Gasteiger partial charge in [0.2, 0.25) is 17.7 Å². The van der Waals surface area contributed by atoms with E-state index in [-0.39, 0.29) is 18.5 Å². The molecule has 0 unspecified atom stereocenters. The van der Waals surface area contributed by atoms with Crippen LogP contribution in [0.1, 0.15) is 32.1 Å². The van der Waals surface area contributed by atoms with E-state index in [2.05, 4.69) is 10.6 Å². The van der Waals surface area contributed by atoms with Crippen molar-refractivity contribution in [1.29, 1.82) is 0 Å². The van der Waals surface area contributed by atoms with Gasteiger partial charge in [-0.25, -0.2) is 4.39 Å². The van der Waals surface area contributed by atoms with Gasteiger partial charge in [-0.05, 0) is 61.4 Å². The Kier molecular flexibility index (Phi) is 9.59.